The van der Waals surface area contributed by atoms with Gasteiger partial charge in [-0.25, -0.2) is 0 Å². The average Bonchev–Trinajstić information content (AvgIpc) is 3.72. The Bertz CT molecular complexity index is 1460. The average molecular weight is 1270 g/mol. The maximum atomic E-state index is 12.6. The Morgan fingerprint density at radius 2 is 0.522 bits per heavy atom. The molecule has 2 atom stereocenters. The molecule has 0 saturated heterocycles. The Balaban J connectivity index is 3.38. The summed E-state index contributed by atoms with van der Waals surface area (Å²) in [7, 11) is 0. The molecule has 1 amide bonds. The third kappa shape index (κ3) is 75.1. The number of esters is 1. The number of carbonyl (C=O) groups is 2. The van der Waals surface area contributed by atoms with E-state index in [1.807, 2.05) is 6.08 Å². The van der Waals surface area contributed by atoms with E-state index < -0.39 is 12.1 Å². The number of amides is 1. The van der Waals surface area contributed by atoms with Gasteiger partial charge in [0.1, 0.15) is 0 Å². The monoisotopic (exact) mass is 1260 g/mol. The summed E-state index contributed by atoms with van der Waals surface area (Å²) in [6.45, 7) is 4.95. The minimum atomic E-state index is -0.845. The van der Waals surface area contributed by atoms with Gasteiger partial charge < -0.3 is 20.3 Å². The van der Waals surface area contributed by atoms with Gasteiger partial charge in [-0.2, -0.15) is 0 Å². The Labute approximate surface area is 564 Å². The van der Waals surface area contributed by atoms with E-state index in [-0.39, 0.29) is 18.5 Å². The van der Waals surface area contributed by atoms with Crippen molar-refractivity contribution in [1.82, 2.24) is 5.32 Å². The molecule has 0 fully saturated rings. The predicted molar refractivity (Wildman–Crippen MR) is 398 cm³/mol. The molecule has 2 unspecified atom stereocenters. The molecule has 90 heavy (non-hydrogen) atoms. The van der Waals surface area contributed by atoms with Crippen LogP contribution < -0.4 is 5.32 Å². The van der Waals surface area contributed by atoms with Crippen LogP contribution in [0.4, 0.5) is 0 Å². The van der Waals surface area contributed by atoms with Crippen molar-refractivity contribution in [2.45, 2.75) is 475 Å². The Morgan fingerprint density at radius 3 is 0.789 bits per heavy atom. The van der Waals surface area contributed by atoms with Crippen LogP contribution in [-0.4, -0.2) is 47.4 Å². The smallest absolute Gasteiger partial charge is 0.305 e. The van der Waals surface area contributed by atoms with E-state index >= 15 is 0 Å². The van der Waals surface area contributed by atoms with Crippen LogP contribution in [0.25, 0.3) is 0 Å². The van der Waals surface area contributed by atoms with Crippen LogP contribution in [0.5, 0.6) is 0 Å². The normalized spacial score (nSPS) is 12.6. The SMILES string of the molecule is CCCCCCCCC/C=C\CCCCCCCCCC(=O)OCCCCCCCCCCCCCC/C=C\CCCCCCCCCCCCCCCCCC(=O)NC(CO)C(O)/C=C/CCCCCCCCCCCCCCCCCCCCCCCC. The van der Waals surface area contributed by atoms with E-state index in [1.165, 1.54) is 392 Å². The largest absolute Gasteiger partial charge is 0.466 e. The molecule has 0 aromatic carbocycles. The van der Waals surface area contributed by atoms with Gasteiger partial charge in [-0.1, -0.05) is 403 Å². The van der Waals surface area contributed by atoms with Gasteiger partial charge in [-0.15, -0.1) is 0 Å². The van der Waals surface area contributed by atoms with Gasteiger partial charge in [0.25, 0.3) is 0 Å². The summed E-state index contributed by atoms with van der Waals surface area (Å²) < 4.78 is 5.51. The Hall–Kier alpha value is -1.92. The van der Waals surface area contributed by atoms with Gasteiger partial charge in [0.15, 0.2) is 0 Å². The summed E-state index contributed by atoms with van der Waals surface area (Å²) in [5.41, 5.74) is 0. The highest BCUT2D eigenvalue weighted by molar-refractivity contribution is 5.76. The number of hydrogen-bond donors (Lipinski definition) is 3. The van der Waals surface area contributed by atoms with Gasteiger partial charge in [0, 0.05) is 12.8 Å². The minimum absolute atomic E-state index is 0.0154. The minimum Gasteiger partial charge on any atom is -0.466 e. The number of unbranched alkanes of at least 4 members (excludes halogenated alkanes) is 63. The Kier molecular flexibility index (Phi) is 77.8. The number of hydrogen-bond acceptors (Lipinski definition) is 5. The van der Waals surface area contributed by atoms with Crippen molar-refractivity contribution in [3.8, 4) is 0 Å². The first-order chi connectivity index (χ1) is 44.5. The first-order valence-electron chi connectivity index (χ1n) is 41.3. The summed E-state index contributed by atoms with van der Waals surface area (Å²) in [4.78, 5) is 24.7. The molecule has 0 bridgehead atoms. The summed E-state index contributed by atoms with van der Waals surface area (Å²) in [6, 6.07) is -0.628. The van der Waals surface area contributed by atoms with E-state index in [1.54, 1.807) is 6.08 Å². The molecule has 0 rings (SSSR count). The standard InChI is InChI=1S/C84H161NO5/c1-3-5-7-9-11-13-15-17-19-21-23-24-25-35-38-41-44-48-52-56-60-64-68-72-76-82(87)81(80-86)85-83(88)77-73-69-65-61-57-53-49-45-42-39-36-33-31-29-27-26-28-30-32-34-37-40-43-47-51-55-59-63-67-71-75-79-90-84(89)78-74-70-66-62-58-54-50-46-22-20-18-16-14-12-10-8-6-4-2/h20,22,28,30,72,76,81-82,86-87H,3-19,21,23-27,29,31-71,73-75,77-80H2,1-2H3,(H,85,88)/b22-20-,30-28-,76-72+. The van der Waals surface area contributed by atoms with Gasteiger partial charge in [-0.3, -0.25) is 9.59 Å². The van der Waals surface area contributed by atoms with E-state index in [0.717, 1.165) is 44.9 Å². The zero-order chi connectivity index (χ0) is 64.9. The lowest BCUT2D eigenvalue weighted by molar-refractivity contribution is -0.143. The van der Waals surface area contributed by atoms with Crippen molar-refractivity contribution in [2.24, 2.45) is 0 Å². The molecule has 532 valence electrons. The lowest BCUT2D eigenvalue weighted by atomic mass is 10.0. The lowest BCUT2D eigenvalue weighted by Gasteiger charge is -2.20. The topological polar surface area (TPSA) is 95.9 Å². The van der Waals surface area contributed by atoms with Crippen LogP contribution in [0.15, 0.2) is 36.5 Å². The molecule has 6 nitrogen and oxygen atoms in total. The summed E-state index contributed by atoms with van der Waals surface area (Å²) >= 11 is 0. The maximum absolute atomic E-state index is 12.6. The van der Waals surface area contributed by atoms with E-state index in [4.69, 9.17) is 4.74 Å². The lowest BCUT2D eigenvalue weighted by Crippen LogP contribution is -2.45. The second kappa shape index (κ2) is 79.5. The molecule has 0 aromatic heterocycles. The van der Waals surface area contributed by atoms with Crippen LogP contribution in [0, 0.1) is 0 Å². The van der Waals surface area contributed by atoms with Crippen molar-refractivity contribution in [1.29, 1.82) is 0 Å². The van der Waals surface area contributed by atoms with E-state index in [9.17, 15) is 19.8 Å². The fraction of sp³-hybridized carbons (Fsp3) is 0.905. The van der Waals surface area contributed by atoms with Crippen LogP contribution in [-0.2, 0) is 14.3 Å². The number of allylic oxidation sites excluding steroid dienone is 5. The van der Waals surface area contributed by atoms with Gasteiger partial charge >= 0.3 is 5.97 Å². The zero-order valence-electron chi connectivity index (χ0n) is 61.1. The summed E-state index contributed by atoms with van der Waals surface area (Å²) in [5, 5.41) is 23.3. The molecule has 0 radical (unpaired) electrons. The van der Waals surface area contributed by atoms with E-state index in [0.29, 0.717) is 19.4 Å². The first-order valence-corrected chi connectivity index (χ1v) is 41.3. The van der Waals surface area contributed by atoms with Crippen molar-refractivity contribution in [3.05, 3.63) is 36.5 Å². The van der Waals surface area contributed by atoms with Gasteiger partial charge in [-0.05, 0) is 83.5 Å². The van der Waals surface area contributed by atoms with Crippen LogP contribution in [0.3, 0.4) is 0 Å². The molecule has 0 saturated carbocycles. The third-order valence-electron chi connectivity index (χ3n) is 19.4. The zero-order valence-corrected chi connectivity index (χ0v) is 61.1. The molecular formula is C84H161NO5. The third-order valence-corrected chi connectivity index (χ3v) is 19.4. The highest BCUT2D eigenvalue weighted by atomic mass is 16.5. The van der Waals surface area contributed by atoms with Gasteiger partial charge in [0.2, 0.25) is 5.91 Å². The molecule has 0 aromatic rings. The van der Waals surface area contributed by atoms with Crippen LogP contribution in [0.2, 0.25) is 0 Å². The van der Waals surface area contributed by atoms with Crippen LogP contribution >= 0.6 is 0 Å². The molecule has 3 N–H and O–H groups in total. The predicted octanol–water partition coefficient (Wildman–Crippen LogP) is 27.4. The highest BCUT2D eigenvalue weighted by Crippen LogP contribution is 2.20. The highest BCUT2D eigenvalue weighted by Gasteiger charge is 2.18. The van der Waals surface area contributed by atoms with Crippen molar-refractivity contribution < 1.29 is 24.5 Å². The molecule has 0 aliphatic rings. The number of carbonyl (C=O) groups excluding carboxylic acids is 2. The molecule has 0 heterocycles. The van der Waals surface area contributed by atoms with Crippen molar-refractivity contribution >= 4 is 11.9 Å². The van der Waals surface area contributed by atoms with Crippen molar-refractivity contribution in [2.75, 3.05) is 13.2 Å². The number of aliphatic hydroxyl groups is 2. The molecule has 0 aliphatic carbocycles. The summed E-state index contributed by atoms with van der Waals surface area (Å²) in [6.07, 6.45) is 104. The quantitative estimate of drug-likeness (QED) is 0.0320. The number of nitrogens with one attached hydrogen (secondary N) is 1. The Morgan fingerprint density at radius 1 is 0.300 bits per heavy atom. The number of ether oxygens (including phenoxy) is 1. The van der Waals surface area contributed by atoms with Crippen LogP contribution in [0.1, 0.15) is 463 Å². The maximum Gasteiger partial charge on any atom is 0.305 e. The first kappa shape index (κ1) is 88.1. The summed E-state index contributed by atoms with van der Waals surface area (Å²) in [5.74, 6) is -0.0453. The molecule has 6 heteroatoms. The van der Waals surface area contributed by atoms with Crippen molar-refractivity contribution in [3.63, 3.8) is 0 Å². The second-order valence-corrected chi connectivity index (χ2v) is 28.4. The molecule has 0 aliphatic heterocycles. The fourth-order valence-electron chi connectivity index (χ4n) is 13.1. The van der Waals surface area contributed by atoms with Gasteiger partial charge in [0.05, 0.1) is 25.4 Å². The number of rotatable bonds is 78. The number of aliphatic hydroxyl groups excluding tert-OH is 2. The fourth-order valence-corrected chi connectivity index (χ4v) is 13.1. The van der Waals surface area contributed by atoms with E-state index in [2.05, 4.69) is 43.5 Å². The second-order valence-electron chi connectivity index (χ2n) is 28.4. The molecular weight excluding hydrogens is 1100 g/mol. The molecule has 0 spiro atoms.